The maximum absolute atomic E-state index is 13.2. The van der Waals surface area contributed by atoms with Crippen LogP contribution in [0.25, 0.3) is 0 Å². The molecule has 0 radical (unpaired) electrons. The van der Waals surface area contributed by atoms with Crippen LogP contribution in [0.1, 0.15) is 48.7 Å². The van der Waals surface area contributed by atoms with Crippen LogP contribution in [-0.2, 0) is 14.8 Å². The lowest BCUT2D eigenvalue weighted by atomic mass is 10.1. The SMILES string of the molecule is CC[C@H](C(=O)Nc1ccccc1C(=O)NC(C)C)N(c1ccc(C)c(C)c1)S(C)(=O)=O. The van der Waals surface area contributed by atoms with Crippen LogP contribution < -0.4 is 14.9 Å². The summed E-state index contributed by atoms with van der Waals surface area (Å²) in [6.07, 6.45) is 1.34. The Hall–Kier alpha value is -2.87. The zero-order valence-corrected chi connectivity index (χ0v) is 19.7. The minimum atomic E-state index is -3.75. The van der Waals surface area contributed by atoms with E-state index >= 15 is 0 Å². The molecule has 0 bridgehead atoms. The monoisotopic (exact) mass is 445 g/mol. The van der Waals surface area contributed by atoms with Crippen molar-refractivity contribution in [2.24, 2.45) is 0 Å². The van der Waals surface area contributed by atoms with Gasteiger partial charge in [0.15, 0.2) is 0 Å². The molecule has 0 aliphatic rings. The number of aryl methyl sites for hydroxylation is 2. The predicted molar refractivity (Wildman–Crippen MR) is 125 cm³/mol. The second-order valence-corrected chi connectivity index (χ2v) is 9.77. The van der Waals surface area contributed by atoms with Gasteiger partial charge >= 0.3 is 0 Å². The van der Waals surface area contributed by atoms with Gasteiger partial charge in [0, 0.05) is 6.04 Å². The maximum Gasteiger partial charge on any atom is 0.253 e. The third kappa shape index (κ3) is 6.07. The fraction of sp³-hybridized carbons (Fsp3) is 0.391. The number of rotatable bonds is 8. The molecule has 8 heteroatoms. The lowest BCUT2D eigenvalue weighted by Crippen LogP contribution is -2.47. The van der Waals surface area contributed by atoms with Crippen molar-refractivity contribution in [3.8, 4) is 0 Å². The summed E-state index contributed by atoms with van der Waals surface area (Å²) in [5.41, 5.74) is 3.03. The molecule has 0 aliphatic carbocycles. The van der Waals surface area contributed by atoms with Crippen LogP contribution in [0.4, 0.5) is 11.4 Å². The Balaban J connectivity index is 2.42. The van der Waals surface area contributed by atoms with Gasteiger partial charge in [0.1, 0.15) is 6.04 Å². The number of hydrogen-bond donors (Lipinski definition) is 2. The minimum Gasteiger partial charge on any atom is -0.350 e. The third-order valence-electron chi connectivity index (χ3n) is 4.92. The zero-order chi connectivity index (χ0) is 23.3. The molecular formula is C23H31N3O4S. The molecule has 0 unspecified atom stereocenters. The normalized spacial score (nSPS) is 12.4. The van der Waals surface area contributed by atoms with E-state index in [1.165, 1.54) is 0 Å². The quantitative estimate of drug-likeness (QED) is 0.649. The van der Waals surface area contributed by atoms with E-state index in [2.05, 4.69) is 10.6 Å². The zero-order valence-electron chi connectivity index (χ0n) is 18.9. The fourth-order valence-corrected chi connectivity index (χ4v) is 4.47. The number of carbonyl (C=O) groups excluding carboxylic acids is 2. The van der Waals surface area contributed by atoms with Crippen molar-refractivity contribution in [2.75, 3.05) is 15.9 Å². The van der Waals surface area contributed by atoms with E-state index in [1.54, 1.807) is 43.3 Å². The van der Waals surface area contributed by atoms with E-state index in [1.807, 2.05) is 33.8 Å². The molecule has 0 saturated carbocycles. The second kappa shape index (κ2) is 9.96. The Bertz CT molecular complexity index is 1060. The lowest BCUT2D eigenvalue weighted by Gasteiger charge is -2.30. The number of sulfonamides is 1. The average molecular weight is 446 g/mol. The first-order valence-corrected chi connectivity index (χ1v) is 12.1. The van der Waals surface area contributed by atoms with Gasteiger partial charge < -0.3 is 10.6 Å². The van der Waals surface area contributed by atoms with E-state index in [0.29, 0.717) is 16.9 Å². The molecule has 2 rings (SSSR count). The van der Waals surface area contributed by atoms with Gasteiger partial charge in [-0.3, -0.25) is 13.9 Å². The predicted octanol–water partition coefficient (Wildman–Crippen LogP) is 3.62. The third-order valence-corrected chi connectivity index (χ3v) is 6.10. The van der Waals surface area contributed by atoms with E-state index in [-0.39, 0.29) is 18.4 Å². The first-order valence-electron chi connectivity index (χ1n) is 10.2. The Kier molecular flexibility index (Phi) is 7.84. The molecule has 1 atom stereocenters. The number of hydrogen-bond acceptors (Lipinski definition) is 4. The highest BCUT2D eigenvalue weighted by atomic mass is 32.2. The Labute approximate surface area is 184 Å². The van der Waals surface area contributed by atoms with Gasteiger partial charge in [0.05, 0.1) is 23.2 Å². The number of para-hydroxylation sites is 1. The lowest BCUT2D eigenvalue weighted by molar-refractivity contribution is -0.117. The fourth-order valence-electron chi connectivity index (χ4n) is 3.27. The van der Waals surface area contributed by atoms with Crippen molar-refractivity contribution < 1.29 is 18.0 Å². The topological polar surface area (TPSA) is 95.6 Å². The molecule has 2 N–H and O–H groups in total. The van der Waals surface area contributed by atoms with Gasteiger partial charge in [-0.25, -0.2) is 8.42 Å². The number of carbonyl (C=O) groups is 2. The molecule has 0 aliphatic heterocycles. The molecule has 0 fully saturated rings. The van der Waals surface area contributed by atoms with Crippen LogP contribution in [0.2, 0.25) is 0 Å². The van der Waals surface area contributed by atoms with E-state index in [9.17, 15) is 18.0 Å². The van der Waals surface area contributed by atoms with Crippen molar-refractivity contribution in [3.05, 3.63) is 59.2 Å². The van der Waals surface area contributed by atoms with Crippen LogP contribution in [0.3, 0.4) is 0 Å². The molecule has 2 aromatic carbocycles. The Morgan fingerprint density at radius 2 is 1.68 bits per heavy atom. The number of amides is 2. The van der Waals surface area contributed by atoms with Crippen LogP contribution in [0.15, 0.2) is 42.5 Å². The maximum atomic E-state index is 13.2. The molecule has 0 spiro atoms. The van der Waals surface area contributed by atoms with Crippen LogP contribution in [0.5, 0.6) is 0 Å². The summed E-state index contributed by atoms with van der Waals surface area (Å²) in [5, 5.41) is 5.56. The molecule has 7 nitrogen and oxygen atoms in total. The van der Waals surface area contributed by atoms with E-state index < -0.39 is 22.0 Å². The first kappa shape index (κ1) is 24.4. The summed E-state index contributed by atoms with van der Waals surface area (Å²) < 4.78 is 26.5. The smallest absolute Gasteiger partial charge is 0.253 e. The summed E-state index contributed by atoms with van der Waals surface area (Å²) >= 11 is 0. The molecule has 0 heterocycles. The molecular weight excluding hydrogens is 414 g/mol. The minimum absolute atomic E-state index is 0.0647. The number of nitrogens with zero attached hydrogens (tertiary/aromatic N) is 1. The van der Waals surface area contributed by atoms with Crippen molar-refractivity contribution in [1.29, 1.82) is 0 Å². The van der Waals surface area contributed by atoms with Crippen LogP contribution >= 0.6 is 0 Å². The van der Waals surface area contributed by atoms with Crippen molar-refractivity contribution >= 4 is 33.2 Å². The summed E-state index contributed by atoms with van der Waals surface area (Å²) in [4.78, 5) is 25.7. The Morgan fingerprint density at radius 3 is 2.23 bits per heavy atom. The molecule has 31 heavy (non-hydrogen) atoms. The van der Waals surface area contributed by atoms with Crippen LogP contribution in [0, 0.1) is 13.8 Å². The summed E-state index contributed by atoms with van der Waals surface area (Å²) in [7, 11) is -3.75. The number of benzene rings is 2. The average Bonchev–Trinajstić information content (AvgIpc) is 2.67. The standard InChI is InChI=1S/C23H31N3O4S/c1-7-21(26(31(6,29)30)18-13-12-16(4)17(5)14-18)23(28)25-20-11-9-8-10-19(20)22(27)24-15(2)3/h8-15,21H,7H2,1-6H3,(H,24,27)(H,25,28)/t21-/m1/s1. The number of anilines is 2. The first-order chi connectivity index (χ1) is 14.5. The van der Waals surface area contributed by atoms with Gasteiger partial charge in [-0.1, -0.05) is 25.1 Å². The van der Waals surface area contributed by atoms with E-state index in [0.717, 1.165) is 21.7 Å². The molecule has 168 valence electrons. The summed E-state index contributed by atoms with van der Waals surface area (Å²) in [5.74, 6) is -0.816. The summed E-state index contributed by atoms with van der Waals surface area (Å²) in [6.45, 7) is 9.28. The largest absolute Gasteiger partial charge is 0.350 e. The van der Waals surface area contributed by atoms with Gasteiger partial charge in [-0.05, 0) is 69.5 Å². The second-order valence-electron chi connectivity index (χ2n) is 7.91. The van der Waals surface area contributed by atoms with Crippen molar-refractivity contribution in [2.45, 2.75) is 53.1 Å². The molecule has 0 saturated heterocycles. The van der Waals surface area contributed by atoms with E-state index in [4.69, 9.17) is 0 Å². The van der Waals surface area contributed by atoms with Gasteiger partial charge in [-0.2, -0.15) is 0 Å². The molecule has 2 aromatic rings. The molecule has 0 aromatic heterocycles. The highest BCUT2D eigenvalue weighted by molar-refractivity contribution is 7.92. The Morgan fingerprint density at radius 1 is 1.03 bits per heavy atom. The molecule has 2 amide bonds. The van der Waals surface area contributed by atoms with Gasteiger partial charge in [-0.15, -0.1) is 0 Å². The highest BCUT2D eigenvalue weighted by Gasteiger charge is 2.32. The highest BCUT2D eigenvalue weighted by Crippen LogP contribution is 2.26. The number of nitrogens with one attached hydrogen (secondary N) is 2. The summed E-state index contributed by atoms with van der Waals surface area (Å²) in [6, 6.07) is 10.9. The van der Waals surface area contributed by atoms with Crippen LogP contribution in [-0.4, -0.2) is 38.6 Å². The van der Waals surface area contributed by atoms with Gasteiger partial charge in [0.25, 0.3) is 5.91 Å². The van der Waals surface area contributed by atoms with Crippen molar-refractivity contribution in [3.63, 3.8) is 0 Å². The van der Waals surface area contributed by atoms with Crippen molar-refractivity contribution in [1.82, 2.24) is 5.32 Å². The van der Waals surface area contributed by atoms with Gasteiger partial charge in [0.2, 0.25) is 15.9 Å².